The van der Waals surface area contributed by atoms with Crippen LogP contribution in [-0.2, 0) is 9.47 Å². The fourth-order valence-electron chi connectivity index (χ4n) is 2.65. The minimum Gasteiger partial charge on any atom is -0.483 e. The summed E-state index contributed by atoms with van der Waals surface area (Å²) < 4.78 is 10.9. The lowest BCUT2D eigenvalue weighted by Gasteiger charge is -2.38. The first-order valence-corrected chi connectivity index (χ1v) is 6.63. The van der Waals surface area contributed by atoms with Crippen LogP contribution in [0.15, 0.2) is 22.1 Å². The highest BCUT2D eigenvalue weighted by molar-refractivity contribution is 5.97. The van der Waals surface area contributed by atoms with Gasteiger partial charge in [-0.3, -0.25) is 0 Å². The summed E-state index contributed by atoms with van der Waals surface area (Å²) in [6.07, 6.45) is 4.35. The van der Waals surface area contributed by atoms with Crippen LogP contribution in [0.25, 0.3) is 0 Å². The van der Waals surface area contributed by atoms with Gasteiger partial charge in [0, 0.05) is 6.42 Å². The maximum absolute atomic E-state index is 9.87. The average Bonchev–Trinajstić information content (AvgIpc) is 2.37. The predicted octanol–water partition coefficient (Wildman–Crippen LogP) is 1.56. The average molecular weight is 266 g/mol. The number of aliphatic imine (C=N–C) groups is 2. The second-order valence-corrected chi connectivity index (χ2v) is 5.42. The highest BCUT2D eigenvalue weighted by Gasteiger charge is 2.45. The van der Waals surface area contributed by atoms with E-state index in [-0.39, 0.29) is 12.0 Å². The molecule has 3 atom stereocenters. The van der Waals surface area contributed by atoms with E-state index in [1.807, 2.05) is 6.08 Å². The summed E-state index contributed by atoms with van der Waals surface area (Å²) in [6, 6.07) is -0.117. The number of aliphatic hydroxyl groups excluding tert-OH is 1. The Kier molecular flexibility index (Phi) is 3.94. The quantitative estimate of drug-likeness (QED) is 0.733. The number of ether oxygens (including phenoxy) is 2. The molecule has 0 aromatic carbocycles. The third kappa shape index (κ3) is 2.52. The second kappa shape index (κ2) is 5.33. The molecule has 2 rings (SSSR count). The van der Waals surface area contributed by atoms with Gasteiger partial charge in [0.05, 0.1) is 20.3 Å². The molecular formula is C14H22N2O3. The van der Waals surface area contributed by atoms with Gasteiger partial charge < -0.3 is 14.6 Å². The molecule has 0 aromatic heterocycles. The lowest BCUT2D eigenvalue weighted by molar-refractivity contribution is 0.171. The first-order valence-electron chi connectivity index (χ1n) is 6.63. The van der Waals surface area contributed by atoms with Crippen LogP contribution in [0.1, 0.15) is 26.7 Å². The van der Waals surface area contributed by atoms with Gasteiger partial charge >= 0.3 is 0 Å². The van der Waals surface area contributed by atoms with Gasteiger partial charge in [-0.15, -0.1) is 0 Å². The fraction of sp³-hybridized carbons (Fsp3) is 0.714. The second-order valence-electron chi connectivity index (χ2n) is 5.42. The normalized spacial score (nSPS) is 34.2. The Balaban J connectivity index is 2.41. The van der Waals surface area contributed by atoms with E-state index >= 15 is 0 Å². The zero-order valence-corrected chi connectivity index (χ0v) is 12.0. The molecule has 1 heterocycles. The maximum atomic E-state index is 9.87. The van der Waals surface area contributed by atoms with Gasteiger partial charge in [0.15, 0.2) is 0 Å². The van der Waals surface area contributed by atoms with Crippen molar-refractivity contribution in [2.45, 2.75) is 44.4 Å². The summed E-state index contributed by atoms with van der Waals surface area (Å²) >= 11 is 0. The van der Waals surface area contributed by atoms with Crippen molar-refractivity contribution < 1.29 is 14.6 Å². The van der Waals surface area contributed by atoms with E-state index in [0.29, 0.717) is 24.6 Å². The SMILES string of the molecule is COC1=N[C@]2(CC=C[C@H](O)C2)C(OC)=N[C@@H]1C(C)C. The monoisotopic (exact) mass is 266 g/mol. The van der Waals surface area contributed by atoms with Crippen LogP contribution in [0.2, 0.25) is 0 Å². The first-order chi connectivity index (χ1) is 9.02. The van der Waals surface area contributed by atoms with Gasteiger partial charge in [0.2, 0.25) is 11.8 Å². The summed E-state index contributed by atoms with van der Waals surface area (Å²) in [6.45, 7) is 4.15. The fourth-order valence-corrected chi connectivity index (χ4v) is 2.65. The Morgan fingerprint density at radius 1 is 1.37 bits per heavy atom. The predicted molar refractivity (Wildman–Crippen MR) is 74.6 cm³/mol. The number of hydrogen-bond acceptors (Lipinski definition) is 5. The first kappa shape index (κ1) is 14.1. The number of aliphatic hydroxyl groups is 1. The van der Waals surface area contributed by atoms with Gasteiger partial charge in [-0.2, -0.15) is 0 Å². The molecule has 19 heavy (non-hydrogen) atoms. The summed E-state index contributed by atoms with van der Waals surface area (Å²) in [4.78, 5) is 9.38. The minimum atomic E-state index is -0.611. The van der Waals surface area contributed by atoms with Crippen molar-refractivity contribution in [1.29, 1.82) is 0 Å². The Hall–Kier alpha value is -1.36. The highest BCUT2D eigenvalue weighted by atomic mass is 16.5. The third-order valence-electron chi connectivity index (χ3n) is 3.63. The van der Waals surface area contributed by atoms with Crippen LogP contribution in [-0.4, -0.2) is 48.8 Å². The highest BCUT2D eigenvalue weighted by Crippen LogP contribution is 2.34. The minimum absolute atomic E-state index is 0.117. The summed E-state index contributed by atoms with van der Waals surface area (Å²) in [5.74, 6) is 1.50. The third-order valence-corrected chi connectivity index (χ3v) is 3.63. The smallest absolute Gasteiger partial charge is 0.213 e. The molecule has 0 bridgehead atoms. The molecule has 5 nitrogen and oxygen atoms in total. The van der Waals surface area contributed by atoms with Gasteiger partial charge in [-0.25, -0.2) is 9.98 Å². The topological polar surface area (TPSA) is 63.4 Å². The van der Waals surface area contributed by atoms with E-state index in [2.05, 4.69) is 18.8 Å². The van der Waals surface area contributed by atoms with Crippen LogP contribution in [0.3, 0.4) is 0 Å². The zero-order valence-electron chi connectivity index (χ0n) is 12.0. The summed E-state index contributed by atoms with van der Waals surface area (Å²) in [5, 5.41) is 9.87. The molecule has 1 spiro atoms. The van der Waals surface area contributed by atoms with Gasteiger partial charge in [-0.05, 0) is 12.3 Å². The number of nitrogens with zero attached hydrogens (tertiary/aromatic N) is 2. The zero-order chi connectivity index (χ0) is 14.0. The van der Waals surface area contributed by atoms with E-state index < -0.39 is 11.6 Å². The molecule has 0 saturated carbocycles. The number of rotatable bonds is 1. The van der Waals surface area contributed by atoms with Crippen LogP contribution in [0, 0.1) is 5.92 Å². The molecule has 0 amide bonds. The van der Waals surface area contributed by atoms with Crippen LogP contribution >= 0.6 is 0 Å². The van der Waals surface area contributed by atoms with Crippen LogP contribution in [0.4, 0.5) is 0 Å². The standard InChI is InChI=1S/C14H22N2O3/c1-9(2)11-12(18-3)16-14(13(15-11)19-4)7-5-6-10(17)8-14/h5-6,9-11,17H,7-8H2,1-4H3/t10-,11+,14-/m0/s1. The van der Waals surface area contributed by atoms with Gasteiger partial charge in [-0.1, -0.05) is 26.0 Å². The largest absolute Gasteiger partial charge is 0.483 e. The Labute approximate surface area is 114 Å². The van der Waals surface area contributed by atoms with E-state index in [0.717, 1.165) is 0 Å². The van der Waals surface area contributed by atoms with E-state index in [1.54, 1.807) is 20.3 Å². The van der Waals surface area contributed by atoms with E-state index in [1.165, 1.54) is 0 Å². The van der Waals surface area contributed by atoms with E-state index in [4.69, 9.17) is 14.5 Å². The number of methoxy groups -OCH3 is 2. The molecule has 0 saturated heterocycles. The van der Waals surface area contributed by atoms with Crippen molar-refractivity contribution in [1.82, 2.24) is 0 Å². The molecule has 0 unspecified atom stereocenters. The Morgan fingerprint density at radius 2 is 2.11 bits per heavy atom. The van der Waals surface area contributed by atoms with Crippen molar-refractivity contribution >= 4 is 11.8 Å². The van der Waals surface area contributed by atoms with Crippen LogP contribution < -0.4 is 0 Å². The molecule has 2 aliphatic rings. The molecule has 5 heteroatoms. The van der Waals surface area contributed by atoms with Crippen LogP contribution in [0.5, 0.6) is 0 Å². The lowest BCUT2D eigenvalue weighted by Crippen LogP contribution is -2.49. The lowest BCUT2D eigenvalue weighted by atomic mass is 9.83. The van der Waals surface area contributed by atoms with Crippen molar-refractivity contribution in [3.63, 3.8) is 0 Å². The molecular weight excluding hydrogens is 244 g/mol. The summed E-state index contributed by atoms with van der Waals surface area (Å²) in [7, 11) is 3.22. The van der Waals surface area contributed by atoms with Crippen molar-refractivity contribution in [3.8, 4) is 0 Å². The molecule has 1 aliphatic heterocycles. The molecule has 106 valence electrons. The molecule has 1 N–H and O–H groups in total. The molecule has 0 aromatic rings. The van der Waals surface area contributed by atoms with Crippen molar-refractivity contribution in [2.75, 3.05) is 14.2 Å². The van der Waals surface area contributed by atoms with Crippen molar-refractivity contribution in [3.05, 3.63) is 12.2 Å². The Morgan fingerprint density at radius 3 is 2.63 bits per heavy atom. The molecule has 0 fully saturated rings. The molecule has 1 aliphatic carbocycles. The van der Waals surface area contributed by atoms with Crippen molar-refractivity contribution in [2.24, 2.45) is 15.9 Å². The van der Waals surface area contributed by atoms with E-state index in [9.17, 15) is 5.11 Å². The van der Waals surface area contributed by atoms with Gasteiger partial charge in [0.25, 0.3) is 0 Å². The Bertz CT molecular complexity index is 428. The molecule has 0 radical (unpaired) electrons. The van der Waals surface area contributed by atoms with Gasteiger partial charge in [0.1, 0.15) is 11.6 Å². The maximum Gasteiger partial charge on any atom is 0.213 e. The number of hydrogen-bond donors (Lipinski definition) is 1. The summed E-state index contributed by atoms with van der Waals surface area (Å²) in [5.41, 5.74) is -0.611.